The van der Waals surface area contributed by atoms with Crippen molar-refractivity contribution in [3.8, 4) is 0 Å². The SMILES string of the molecule is CCC(C)OC(=O)C(O)(c1ccc(Cl)cc1)c1ccc(Br)cc1. The molecule has 0 aliphatic heterocycles. The molecule has 0 aliphatic carbocycles. The standard InChI is InChI=1S/C18H18BrClO3/c1-3-12(2)23-17(21)18(22,13-4-8-15(19)9-5-13)14-6-10-16(20)11-7-14/h4-12,22H,3H2,1-2H3. The van der Waals surface area contributed by atoms with Crippen LogP contribution in [0.3, 0.4) is 0 Å². The van der Waals surface area contributed by atoms with Crippen LogP contribution < -0.4 is 0 Å². The summed E-state index contributed by atoms with van der Waals surface area (Å²) in [7, 11) is 0. The van der Waals surface area contributed by atoms with Gasteiger partial charge in [-0.15, -0.1) is 0 Å². The molecule has 122 valence electrons. The molecule has 0 aromatic heterocycles. The van der Waals surface area contributed by atoms with E-state index >= 15 is 0 Å². The van der Waals surface area contributed by atoms with Crippen LogP contribution in [-0.4, -0.2) is 17.2 Å². The third-order valence-corrected chi connectivity index (χ3v) is 4.48. The minimum atomic E-state index is -1.88. The first-order valence-corrected chi connectivity index (χ1v) is 8.50. The fourth-order valence-corrected chi connectivity index (χ4v) is 2.53. The quantitative estimate of drug-likeness (QED) is 0.745. The van der Waals surface area contributed by atoms with E-state index in [1.807, 2.05) is 6.92 Å². The molecule has 3 nitrogen and oxygen atoms in total. The molecule has 5 heteroatoms. The van der Waals surface area contributed by atoms with Gasteiger partial charge in [0.05, 0.1) is 6.10 Å². The number of hydrogen-bond donors (Lipinski definition) is 1. The Morgan fingerprint density at radius 3 is 2.13 bits per heavy atom. The number of halogens is 2. The highest BCUT2D eigenvalue weighted by atomic mass is 79.9. The molecule has 0 amide bonds. The summed E-state index contributed by atoms with van der Waals surface area (Å²) in [6, 6.07) is 13.5. The van der Waals surface area contributed by atoms with E-state index < -0.39 is 11.6 Å². The van der Waals surface area contributed by atoms with Crippen molar-refractivity contribution < 1.29 is 14.6 Å². The van der Waals surface area contributed by atoms with Gasteiger partial charge in [-0.25, -0.2) is 4.79 Å². The van der Waals surface area contributed by atoms with E-state index in [2.05, 4.69) is 15.9 Å². The van der Waals surface area contributed by atoms with Gasteiger partial charge in [0.25, 0.3) is 0 Å². The highest BCUT2D eigenvalue weighted by Crippen LogP contribution is 2.33. The molecule has 2 rings (SSSR count). The van der Waals surface area contributed by atoms with Gasteiger partial charge in [0.1, 0.15) is 0 Å². The number of aliphatic hydroxyl groups is 1. The summed E-state index contributed by atoms with van der Waals surface area (Å²) in [4.78, 5) is 12.7. The molecular weight excluding hydrogens is 380 g/mol. The summed E-state index contributed by atoms with van der Waals surface area (Å²) >= 11 is 9.26. The Balaban J connectivity index is 2.51. The summed E-state index contributed by atoms with van der Waals surface area (Å²) in [5, 5.41) is 11.7. The first-order valence-electron chi connectivity index (χ1n) is 7.33. The number of carbonyl (C=O) groups is 1. The Hall–Kier alpha value is -1.36. The summed E-state index contributed by atoms with van der Waals surface area (Å²) in [6.07, 6.45) is 0.389. The van der Waals surface area contributed by atoms with Crippen LogP contribution in [0.2, 0.25) is 5.02 Å². The van der Waals surface area contributed by atoms with Gasteiger partial charge in [-0.3, -0.25) is 0 Å². The van der Waals surface area contributed by atoms with Crippen molar-refractivity contribution in [1.29, 1.82) is 0 Å². The van der Waals surface area contributed by atoms with Crippen LogP contribution in [0.25, 0.3) is 0 Å². The van der Waals surface area contributed by atoms with E-state index in [1.165, 1.54) is 0 Å². The molecule has 0 bridgehead atoms. The van der Waals surface area contributed by atoms with Gasteiger partial charge in [-0.2, -0.15) is 0 Å². The van der Waals surface area contributed by atoms with Gasteiger partial charge in [0.2, 0.25) is 5.60 Å². The number of esters is 1. The molecular formula is C18H18BrClO3. The van der Waals surface area contributed by atoms with E-state index in [0.29, 0.717) is 22.6 Å². The van der Waals surface area contributed by atoms with Crippen molar-refractivity contribution in [1.82, 2.24) is 0 Å². The molecule has 0 spiro atoms. The third kappa shape index (κ3) is 3.94. The van der Waals surface area contributed by atoms with E-state index in [-0.39, 0.29) is 6.10 Å². The van der Waals surface area contributed by atoms with Gasteiger partial charge < -0.3 is 9.84 Å². The predicted molar refractivity (Wildman–Crippen MR) is 94.4 cm³/mol. The Bertz CT molecular complexity index is 622. The minimum Gasteiger partial charge on any atom is -0.460 e. The lowest BCUT2D eigenvalue weighted by Gasteiger charge is -2.28. The van der Waals surface area contributed by atoms with Crippen molar-refractivity contribution in [3.63, 3.8) is 0 Å². The molecule has 0 saturated carbocycles. The maximum absolute atomic E-state index is 12.7. The number of hydrogen-bond acceptors (Lipinski definition) is 3. The smallest absolute Gasteiger partial charge is 0.347 e. The molecule has 0 fully saturated rings. The maximum Gasteiger partial charge on any atom is 0.347 e. The van der Waals surface area contributed by atoms with E-state index in [1.54, 1.807) is 55.5 Å². The zero-order valence-corrected chi connectivity index (χ0v) is 15.3. The summed E-state index contributed by atoms with van der Waals surface area (Å²) in [6.45, 7) is 3.71. The van der Waals surface area contributed by atoms with Gasteiger partial charge in [-0.05, 0) is 48.7 Å². The highest BCUT2D eigenvalue weighted by molar-refractivity contribution is 9.10. The van der Waals surface area contributed by atoms with Crippen molar-refractivity contribution >= 4 is 33.5 Å². The largest absolute Gasteiger partial charge is 0.460 e. The number of ether oxygens (including phenoxy) is 1. The molecule has 0 aliphatic rings. The van der Waals surface area contributed by atoms with Gasteiger partial charge in [0, 0.05) is 9.50 Å². The van der Waals surface area contributed by atoms with E-state index in [4.69, 9.17) is 16.3 Å². The summed E-state index contributed by atoms with van der Waals surface area (Å²) in [5.74, 6) is -0.698. The molecule has 0 saturated heterocycles. The second kappa shape index (κ2) is 7.47. The minimum absolute atomic E-state index is 0.281. The monoisotopic (exact) mass is 396 g/mol. The number of benzene rings is 2. The molecule has 0 radical (unpaired) electrons. The van der Waals surface area contributed by atoms with Crippen molar-refractivity contribution in [2.45, 2.75) is 32.0 Å². The predicted octanol–water partition coefficient (Wildman–Crippen LogP) is 4.68. The van der Waals surface area contributed by atoms with Crippen LogP contribution in [0.15, 0.2) is 53.0 Å². The van der Waals surface area contributed by atoms with Crippen molar-refractivity contribution in [2.24, 2.45) is 0 Å². The van der Waals surface area contributed by atoms with Crippen LogP contribution in [0, 0.1) is 0 Å². The molecule has 1 N–H and O–H groups in total. The molecule has 2 aromatic carbocycles. The molecule has 2 aromatic rings. The third-order valence-electron chi connectivity index (χ3n) is 3.70. The Kier molecular flexibility index (Phi) is 5.84. The first kappa shape index (κ1) is 18.0. The zero-order valence-electron chi connectivity index (χ0n) is 12.9. The normalized spacial score (nSPS) is 14.8. The molecule has 23 heavy (non-hydrogen) atoms. The average molecular weight is 398 g/mol. The fraction of sp³-hybridized carbons (Fsp3) is 0.278. The number of rotatable bonds is 5. The van der Waals surface area contributed by atoms with Gasteiger partial charge in [0.15, 0.2) is 0 Å². The zero-order chi connectivity index (χ0) is 17.0. The Morgan fingerprint density at radius 2 is 1.65 bits per heavy atom. The lowest BCUT2D eigenvalue weighted by molar-refractivity contribution is -0.167. The van der Waals surface area contributed by atoms with Crippen LogP contribution in [0.1, 0.15) is 31.4 Å². The second-order valence-corrected chi connectivity index (χ2v) is 6.70. The highest BCUT2D eigenvalue weighted by Gasteiger charge is 2.42. The maximum atomic E-state index is 12.7. The van der Waals surface area contributed by atoms with Crippen LogP contribution in [0.5, 0.6) is 0 Å². The summed E-state index contributed by atoms with van der Waals surface area (Å²) < 4.78 is 6.26. The van der Waals surface area contributed by atoms with Gasteiger partial charge >= 0.3 is 5.97 Å². The lowest BCUT2D eigenvalue weighted by atomic mass is 9.86. The lowest BCUT2D eigenvalue weighted by Crippen LogP contribution is -2.40. The molecule has 0 heterocycles. The van der Waals surface area contributed by atoms with E-state index in [0.717, 1.165) is 4.47 Å². The van der Waals surface area contributed by atoms with E-state index in [9.17, 15) is 9.90 Å². The topological polar surface area (TPSA) is 46.5 Å². The average Bonchev–Trinajstić information content (AvgIpc) is 2.55. The molecule has 2 atom stereocenters. The van der Waals surface area contributed by atoms with Crippen molar-refractivity contribution in [3.05, 3.63) is 69.2 Å². The van der Waals surface area contributed by atoms with Crippen molar-refractivity contribution in [2.75, 3.05) is 0 Å². The van der Waals surface area contributed by atoms with Crippen LogP contribution in [0.4, 0.5) is 0 Å². The molecule has 2 unspecified atom stereocenters. The van der Waals surface area contributed by atoms with Gasteiger partial charge in [-0.1, -0.05) is 58.7 Å². The second-order valence-electron chi connectivity index (χ2n) is 5.35. The van der Waals surface area contributed by atoms with Crippen LogP contribution >= 0.6 is 27.5 Å². The first-order chi connectivity index (χ1) is 10.9. The Morgan fingerprint density at radius 1 is 1.17 bits per heavy atom. The van der Waals surface area contributed by atoms with Crippen LogP contribution in [-0.2, 0) is 15.1 Å². The number of carbonyl (C=O) groups excluding carboxylic acids is 1. The fourth-order valence-electron chi connectivity index (χ4n) is 2.14. The Labute approximate surface area is 149 Å². The summed E-state index contributed by atoms with van der Waals surface area (Å²) in [5.41, 5.74) is -1.02.